The summed E-state index contributed by atoms with van der Waals surface area (Å²) < 4.78 is 18.2. The first-order valence-electron chi connectivity index (χ1n) is 7.38. The minimum Gasteiger partial charge on any atom is -0.491 e. The van der Waals surface area contributed by atoms with E-state index in [1.54, 1.807) is 12.1 Å². The van der Waals surface area contributed by atoms with Crippen LogP contribution in [0.4, 0.5) is 4.39 Å². The maximum atomic E-state index is 12.8. The number of hydrogen-bond donors (Lipinski definition) is 2. The number of aliphatic hydroxyl groups excluding tert-OH is 1. The molecule has 0 aliphatic heterocycles. The summed E-state index contributed by atoms with van der Waals surface area (Å²) in [6, 6.07) is 12.0. The van der Waals surface area contributed by atoms with Gasteiger partial charge in [0, 0.05) is 13.1 Å². The number of benzene rings is 2. The van der Waals surface area contributed by atoms with Crippen molar-refractivity contribution in [3.05, 3.63) is 65.0 Å². The minimum absolute atomic E-state index is 0.172. The van der Waals surface area contributed by atoms with Crippen molar-refractivity contribution < 1.29 is 14.2 Å². The monoisotopic (exact) mass is 303 g/mol. The average molecular weight is 303 g/mol. The Bertz CT molecular complexity index is 599. The highest BCUT2D eigenvalue weighted by atomic mass is 19.1. The fourth-order valence-corrected chi connectivity index (χ4v) is 2.16. The zero-order chi connectivity index (χ0) is 15.9. The van der Waals surface area contributed by atoms with Gasteiger partial charge in [0.05, 0.1) is 0 Å². The Balaban J connectivity index is 1.72. The highest BCUT2D eigenvalue weighted by Crippen LogP contribution is 2.13. The lowest BCUT2D eigenvalue weighted by Gasteiger charge is -2.14. The largest absolute Gasteiger partial charge is 0.491 e. The first kappa shape index (κ1) is 16.5. The highest BCUT2D eigenvalue weighted by Gasteiger charge is 2.06. The number of aliphatic hydroxyl groups is 1. The summed E-state index contributed by atoms with van der Waals surface area (Å²) in [6.07, 6.45) is -0.616. The molecule has 1 unspecified atom stereocenters. The third-order valence-corrected chi connectivity index (χ3v) is 3.67. The van der Waals surface area contributed by atoms with Gasteiger partial charge in [0.25, 0.3) is 0 Å². The molecule has 0 saturated heterocycles. The summed E-state index contributed by atoms with van der Waals surface area (Å²) in [4.78, 5) is 0. The van der Waals surface area contributed by atoms with Gasteiger partial charge >= 0.3 is 0 Å². The van der Waals surface area contributed by atoms with Gasteiger partial charge in [-0.3, -0.25) is 0 Å². The van der Waals surface area contributed by atoms with Gasteiger partial charge in [0.2, 0.25) is 0 Å². The molecule has 0 fully saturated rings. The van der Waals surface area contributed by atoms with Crippen molar-refractivity contribution in [1.82, 2.24) is 5.32 Å². The zero-order valence-electron chi connectivity index (χ0n) is 13.0. The molecular weight excluding hydrogens is 281 g/mol. The molecule has 0 radical (unpaired) electrons. The summed E-state index contributed by atoms with van der Waals surface area (Å²) in [5.74, 6) is 0.248. The molecule has 0 aliphatic carbocycles. The molecule has 0 spiro atoms. The Morgan fingerprint density at radius 1 is 1.14 bits per heavy atom. The van der Waals surface area contributed by atoms with E-state index in [2.05, 4.69) is 31.3 Å². The first-order valence-corrected chi connectivity index (χ1v) is 7.38. The second-order valence-corrected chi connectivity index (χ2v) is 5.41. The van der Waals surface area contributed by atoms with Crippen molar-refractivity contribution in [3.63, 3.8) is 0 Å². The predicted octanol–water partition coefficient (Wildman–Crippen LogP) is 2.97. The number of aryl methyl sites for hydroxylation is 1. The lowest BCUT2D eigenvalue weighted by atomic mass is 10.0. The molecule has 2 aromatic carbocycles. The second-order valence-electron chi connectivity index (χ2n) is 5.41. The molecule has 0 amide bonds. The van der Waals surface area contributed by atoms with Crippen LogP contribution in [0.15, 0.2) is 42.5 Å². The molecule has 0 bridgehead atoms. The van der Waals surface area contributed by atoms with E-state index in [1.165, 1.54) is 28.8 Å². The van der Waals surface area contributed by atoms with E-state index in [0.29, 0.717) is 18.8 Å². The number of rotatable bonds is 7. The van der Waals surface area contributed by atoms with Crippen LogP contribution in [0.5, 0.6) is 5.75 Å². The van der Waals surface area contributed by atoms with Crippen molar-refractivity contribution in [2.75, 3.05) is 13.2 Å². The van der Waals surface area contributed by atoms with Gasteiger partial charge in [0.15, 0.2) is 0 Å². The third kappa shape index (κ3) is 4.83. The normalized spacial score (nSPS) is 12.2. The third-order valence-electron chi connectivity index (χ3n) is 3.67. The minimum atomic E-state index is -0.616. The summed E-state index contributed by atoms with van der Waals surface area (Å²) in [5.41, 5.74) is 3.76. The smallest absolute Gasteiger partial charge is 0.123 e. The van der Waals surface area contributed by atoms with Gasteiger partial charge in [-0.15, -0.1) is 0 Å². The van der Waals surface area contributed by atoms with Crippen molar-refractivity contribution in [2.45, 2.75) is 26.5 Å². The van der Waals surface area contributed by atoms with Gasteiger partial charge in [-0.05, 0) is 54.8 Å². The Labute approximate surface area is 130 Å². The predicted molar refractivity (Wildman–Crippen MR) is 85.5 cm³/mol. The van der Waals surface area contributed by atoms with Gasteiger partial charge in [-0.25, -0.2) is 4.39 Å². The van der Waals surface area contributed by atoms with Crippen molar-refractivity contribution in [3.8, 4) is 5.75 Å². The van der Waals surface area contributed by atoms with Crippen LogP contribution in [0.2, 0.25) is 0 Å². The first-order chi connectivity index (χ1) is 10.6. The standard InChI is InChI=1S/C18H22FNO2/c1-13-4-3-5-15(14(13)2)10-20-11-17(21)12-22-18-8-6-16(19)7-9-18/h3-9,17,20-21H,10-12H2,1-2H3. The lowest BCUT2D eigenvalue weighted by Crippen LogP contribution is -2.31. The van der Waals surface area contributed by atoms with Crippen LogP contribution in [0, 0.1) is 19.7 Å². The Kier molecular flexibility index (Phi) is 5.92. The molecule has 3 nitrogen and oxygen atoms in total. The highest BCUT2D eigenvalue weighted by molar-refractivity contribution is 5.32. The van der Waals surface area contributed by atoms with Crippen LogP contribution < -0.4 is 10.1 Å². The van der Waals surface area contributed by atoms with Crippen LogP contribution in [-0.2, 0) is 6.54 Å². The maximum Gasteiger partial charge on any atom is 0.123 e. The molecule has 2 aromatic rings. The van der Waals surface area contributed by atoms with Crippen LogP contribution in [0.25, 0.3) is 0 Å². The molecule has 0 saturated carbocycles. The summed E-state index contributed by atoms with van der Waals surface area (Å²) in [7, 11) is 0. The molecule has 1 atom stereocenters. The molecule has 118 valence electrons. The molecule has 22 heavy (non-hydrogen) atoms. The Hall–Kier alpha value is -1.91. The Morgan fingerprint density at radius 3 is 2.59 bits per heavy atom. The molecule has 0 aliphatic rings. The molecule has 4 heteroatoms. The van der Waals surface area contributed by atoms with Gasteiger partial charge in [-0.1, -0.05) is 18.2 Å². The van der Waals surface area contributed by atoms with E-state index >= 15 is 0 Å². The lowest BCUT2D eigenvalue weighted by molar-refractivity contribution is 0.106. The number of halogens is 1. The van der Waals surface area contributed by atoms with Crippen molar-refractivity contribution in [1.29, 1.82) is 0 Å². The summed E-state index contributed by atoms with van der Waals surface area (Å²) in [5, 5.41) is 13.1. The molecule has 2 rings (SSSR count). The average Bonchev–Trinajstić information content (AvgIpc) is 2.51. The topological polar surface area (TPSA) is 41.5 Å². The zero-order valence-corrected chi connectivity index (χ0v) is 13.0. The fourth-order valence-electron chi connectivity index (χ4n) is 2.16. The molecule has 0 aromatic heterocycles. The van der Waals surface area contributed by atoms with E-state index in [0.717, 1.165) is 0 Å². The van der Waals surface area contributed by atoms with E-state index < -0.39 is 6.10 Å². The van der Waals surface area contributed by atoms with Crippen molar-refractivity contribution in [2.24, 2.45) is 0 Å². The number of ether oxygens (including phenoxy) is 1. The molecular formula is C18H22FNO2. The summed E-state index contributed by atoms with van der Waals surface area (Å²) in [6.45, 7) is 5.51. The van der Waals surface area contributed by atoms with Crippen LogP contribution in [0.3, 0.4) is 0 Å². The van der Waals surface area contributed by atoms with Gasteiger partial charge in [-0.2, -0.15) is 0 Å². The van der Waals surface area contributed by atoms with Crippen LogP contribution in [0.1, 0.15) is 16.7 Å². The molecule has 2 N–H and O–H groups in total. The van der Waals surface area contributed by atoms with E-state index in [4.69, 9.17) is 4.74 Å². The SMILES string of the molecule is Cc1cccc(CNCC(O)COc2ccc(F)cc2)c1C. The van der Waals surface area contributed by atoms with Crippen LogP contribution in [-0.4, -0.2) is 24.4 Å². The maximum absolute atomic E-state index is 12.8. The molecule has 0 heterocycles. The Morgan fingerprint density at radius 2 is 1.86 bits per heavy atom. The van der Waals surface area contributed by atoms with Crippen molar-refractivity contribution >= 4 is 0 Å². The number of hydrogen-bond acceptors (Lipinski definition) is 3. The quantitative estimate of drug-likeness (QED) is 0.826. The van der Waals surface area contributed by atoms with Crippen LogP contribution >= 0.6 is 0 Å². The van der Waals surface area contributed by atoms with E-state index in [-0.39, 0.29) is 12.4 Å². The van der Waals surface area contributed by atoms with E-state index in [9.17, 15) is 9.50 Å². The van der Waals surface area contributed by atoms with Gasteiger partial charge < -0.3 is 15.2 Å². The summed E-state index contributed by atoms with van der Waals surface area (Å²) >= 11 is 0. The van der Waals surface area contributed by atoms with Gasteiger partial charge in [0.1, 0.15) is 24.3 Å². The second kappa shape index (κ2) is 7.92. The number of nitrogens with one attached hydrogen (secondary N) is 1. The van der Waals surface area contributed by atoms with E-state index in [1.807, 2.05) is 6.07 Å². The fraction of sp³-hybridized carbons (Fsp3) is 0.333.